The Morgan fingerprint density at radius 1 is 0.951 bits per heavy atom. The van der Waals surface area contributed by atoms with Crippen molar-refractivity contribution in [2.75, 3.05) is 15.2 Å². The van der Waals surface area contributed by atoms with Crippen LogP contribution in [-0.2, 0) is 31.6 Å². The number of nitrogens with zero attached hydrogens (tertiary/aromatic N) is 3. The van der Waals surface area contributed by atoms with E-state index in [2.05, 4.69) is 6.07 Å². The van der Waals surface area contributed by atoms with Crippen LogP contribution in [0, 0.1) is 16.7 Å². The number of nitriles is 1. The van der Waals surface area contributed by atoms with Gasteiger partial charge in [0.2, 0.25) is 11.8 Å². The van der Waals surface area contributed by atoms with Gasteiger partial charge in [-0.3, -0.25) is 0 Å². The molecule has 0 spiro atoms. The standard InChI is InChI=1S/C24H25N5O10S2/c1-24(2,7-8-25)11-15-3-5-18(29-13-22(32)27-41(29,36)37)20(9-15)39-23(33)14-38-16-4-6-17(19(30)10-16)28-12-21(31)26-40(28,34)35/h3-6,9-10,12-13,26-27,30-32H,7,11,14H2,1-2H3. The molecule has 15 nitrogen and oxygen atoms in total. The lowest BCUT2D eigenvalue weighted by molar-refractivity contribution is -0.136. The second-order valence-electron chi connectivity index (χ2n) is 9.73. The van der Waals surface area contributed by atoms with Crippen molar-refractivity contribution in [3.8, 4) is 23.3 Å². The summed E-state index contributed by atoms with van der Waals surface area (Å²) in [6.45, 7) is 3.04. The normalized spacial score (nSPS) is 17.1. The summed E-state index contributed by atoms with van der Waals surface area (Å²) in [5.41, 5.74) is -0.0836. The van der Waals surface area contributed by atoms with Crippen molar-refractivity contribution in [2.24, 2.45) is 5.41 Å². The van der Waals surface area contributed by atoms with Gasteiger partial charge in [0.1, 0.15) is 22.9 Å². The number of aromatic hydroxyl groups is 1. The third kappa shape index (κ3) is 6.50. The highest BCUT2D eigenvalue weighted by Gasteiger charge is 2.33. The Hall–Kier alpha value is -4.82. The van der Waals surface area contributed by atoms with Crippen LogP contribution < -0.4 is 27.5 Å². The highest BCUT2D eigenvalue weighted by Crippen LogP contribution is 2.37. The zero-order chi connectivity index (χ0) is 30.2. The molecule has 0 aliphatic carbocycles. The summed E-state index contributed by atoms with van der Waals surface area (Å²) in [4.78, 5) is 12.7. The lowest BCUT2D eigenvalue weighted by Crippen LogP contribution is -2.30. The van der Waals surface area contributed by atoms with Crippen LogP contribution in [0.15, 0.2) is 60.6 Å². The molecule has 41 heavy (non-hydrogen) atoms. The maximum Gasteiger partial charge on any atom is 0.349 e. The number of phenols is 1. The molecule has 0 radical (unpaired) electrons. The Labute approximate surface area is 235 Å². The average Bonchev–Trinajstić information content (AvgIpc) is 3.28. The molecule has 2 heterocycles. The fraction of sp³-hybridized carbons (Fsp3) is 0.250. The maximum atomic E-state index is 12.7. The summed E-state index contributed by atoms with van der Waals surface area (Å²) in [5, 5.41) is 38.5. The van der Waals surface area contributed by atoms with Gasteiger partial charge in [0.25, 0.3) is 0 Å². The van der Waals surface area contributed by atoms with Gasteiger partial charge in [-0.25, -0.2) is 22.8 Å². The van der Waals surface area contributed by atoms with Gasteiger partial charge in [-0.15, -0.1) is 0 Å². The van der Waals surface area contributed by atoms with E-state index in [0.717, 1.165) is 18.5 Å². The molecule has 2 aliphatic heterocycles. The first-order chi connectivity index (χ1) is 19.1. The summed E-state index contributed by atoms with van der Waals surface area (Å²) in [5.74, 6) is -2.99. The average molecular weight is 608 g/mol. The fourth-order valence-electron chi connectivity index (χ4n) is 4.01. The summed E-state index contributed by atoms with van der Waals surface area (Å²) in [6.07, 6.45) is 2.38. The Kier molecular flexibility index (Phi) is 7.56. The molecule has 0 amide bonds. The van der Waals surface area contributed by atoms with Gasteiger partial charge in [0, 0.05) is 12.5 Å². The molecule has 0 fully saturated rings. The molecule has 0 atom stereocenters. The number of phenolic OH excluding ortho intramolecular Hbond substituents is 1. The predicted octanol–water partition coefficient (Wildman–Crippen LogP) is 1.88. The summed E-state index contributed by atoms with van der Waals surface area (Å²) in [6, 6.07) is 10.0. The monoisotopic (exact) mass is 607 g/mol. The number of benzene rings is 2. The van der Waals surface area contributed by atoms with E-state index in [1.54, 1.807) is 6.07 Å². The van der Waals surface area contributed by atoms with Crippen LogP contribution >= 0.6 is 0 Å². The lowest BCUT2D eigenvalue weighted by atomic mass is 9.83. The highest BCUT2D eigenvalue weighted by molar-refractivity contribution is 7.91. The van der Waals surface area contributed by atoms with Crippen molar-refractivity contribution >= 4 is 37.8 Å². The molecule has 0 saturated carbocycles. The first kappa shape index (κ1) is 29.2. The second kappa shape index (κ2) is 10.6. The van der Waals surface area contributed by atoms with E-state index < -0.39 is 55.9 Å². The van der Waals surface area contributed by atoms with Gasteiger partial charge < -0.3 is 24.8 Å². The van der Waals surface area contributed by atoms with E-state index in [0.29, 0.717) is 20.6 Å². The number of anilines is 2. The molecular weight excluding hydrogens is 582 g/mol. The molecule has 0 bridgehead atoms. The number of hydrogen-bond acceptors (Lipinski definition) is 11. The highest BCUT2D eigenvalue weighted by atomic mass is 32.2. The van der Waals surface area contributed by atoms with E-state index in [4.69, 9.17) is 14.7 Å². The topological polar surface area (TPSA) is 219 Å². The second-order valence-corrected chi connectivity index (χ2v) is 12.8. The molecule has 17 heteroatoms. The number of rotatable bonds is 9. The number of nitrogens with one attached hydrogen (secondary N) is 2. The minimum absolute atomic E-state index is 0.0349. The van der Waals surface area contributed by atoms with Gasteiger partial charge in [-0.05, 0) is 41.7 Å². The third-order valence-corrected chi connectivity index (χ3v) is 8.30. The van der Waals surface area contributed by atoms with Crippen molar-refractivity contribution in [3.63, 3.8) is 0 Å². The number of ether oxygens (including phenoxy) is 2. The van der Waals surface area contributed by atoms with Gasteiger partial charge in [-0.2, -0.15) is 22.1 Å². The van der Waals surface area contributed by atoms with Gasteiger partial charge in [0.05, 0.1) is 18.5 Å². The zero-order valence-corrected chi connectivity index (χ0v) is 23.2. The Morgan fingerprint density at radius 2 is 1.54 bits per heavy atom. The van der Waals surface area contributed by atoms with Crippen LogP contribution in [0.4, 0.5) is 11.4 Å². The number of aliphatic hydroxyl groups is 2. The van der Waals surface area contributed by atoms with Gasteiger partial charge >= 0.3 is 26.4 Å². The molecule has 0 unspecified atom stereocenters. The van der Waals surface area contributed by atoms with Crippen LogP contribution in [0.2, 0.25) is 0 Å². The number of hydrogen-bond donors (Lipinski definition) is 5. The molecular formula is C24H25N5O10S2. The van der Waals surface area contributed by atoms with E-state index >= 15 is 0 Å². The van der Waals surface area contributed by atoms with Gasteiger partial charge in [-0.1, -0.05) is 19.9 Å². The summed E-state index contributed by atoms with van der Waals surface area (Å²) >= 11 is 0. The van der Waals surface area contributed by atoms with Crippen molar-refractivity contribution < 1.29 is 46.4 Å². The van der Waals surface area contributed by atoms with Crippen LogP contribution in [-0.4, -0.2) is 44.7 Å². The number of carbonyl (C=O) groups is 1. The van der Waals surface area contributed by atoms with Crippen LogP contribution in [0.3, 0.4) is 0 Å². The van der Waals surface area contributed by atoms with E-state index in [9.17, 15) is 36.9 Å². The molecule has 5 N–H and O–H groups in total. The molecule has 4 rings (SSSR count). The number of carbonyl (C=O) groups excluding carboxylic acids is 1. The van der Waals surface area contributed by atoms with Crippen LogP contribution in [0.1, 0.15) is 25.8 Å². The first-order valence-corrected chi connectivity index (χ1v) is 14.6. The first-order valence-electron chi connectivity index (χ1n) is 11.7. The van der Waals surface area contributed by atoms with E-state index in [1.807, 2.05) is 23.3 Å². The van der Waals surface area contributed by atoms with Crippen molar-refractivity contribution in [1.82, 2.24) is 9.44 Å². The predicted molar refractivity (Wildman–Crippen MR) is 144 cm³/mol. The van der Waals surface area contributed by atoms with Crippen LogP contribution in [0.25, 0.3) is 0 Å². The zero-order valence-electron chi connectivity index (χ0n) is 21.6. The van der Waals surface area contributed by atoms with Crippen LogP contribution in [0.5, 0.6) is 17.2 Å². The Bertz CT molecular complexity index is 1710. The number of esters is 1. The number of aliphatic hydroxyl groups excluding tert-OH is 2. The van der Waals surface area contributed by atoms with E-state index in [1.165, 1.54) is 24.3 Å². The molecule has 0 saturated heterocycles. The summed E-state index contributed by atoms with van der Waals surface area (Å²) < 4.78 is 64.8. The minimum atomic E-state index is -4.21. The minimum Gasteiger partial charge on any atom is -0.506 e. The van der Waals surface area contributed by atoms with Crippen molar-refractivity contribution in [1.29, 1.82) is 5.26 Å². The Balaban J connectivity index is 1.53. The molecule has 0 aromatic heterocycles. The SMILES string of the molecule is CC(C)(CC#N)Cc1ccc(N2C=C(O)NS2(=O)=O)c(OC(=O)COc2ccc(N3C=C(O)NS3(=O)=O)c(O)c2)c1. The van der Waals surface area contributed by atoms with Gasteiger partial charge in [0.15, 0.2) is 12.4 Å². The van der Waals surface area contributed by atoms with E-state index in [-0.39, 0.29) is 29.3 Å². The lowest BCUT2D eigenvalue weighted by Gasteiger charge is -2.23. The molecule has 2 aromatic rings. The smallest absolute Gasteiger partial charge is 0.349 e. The molecule has 2 aromatic carbocycles. The maximum absolute atomic E-state index is 12.7. The van der Waals surface area contributed by atoms with Crippen molar-refractivity contribution in [3.05, 3.63) is 66.1 Å². The fourth-order valence-corrected chi connectivity index (χ4v) is 6.14. The summed E-state index contributed by atoms with van der Waals surface area (Å²) in [7, 11) is -8.36. The third-order valence-electron chi connectivity index (χ3n) is 5.73. The molecule has 218 valence electrons. The quantitative estimate of drug-likeness (QED) is 0.205. The Morgan fingerprint density at radius 3 is 2.07 bits per heavy atom. The molecule has 2 aliphatic rings. The van der Waals surface area contributed by atoms with Crippen molar-refractivity contribution in [2.45, 2.75) is 26.7 Å². The largest absolute Gasteiger partial charge is 0.506 e.